The van der Waals surface area contributed by atoms with Crippen LogP contribution in [0.2, 0.25) is 0 Å². The van der Waals surface area contributed by atoms with Gasteiger partial charge in [0.25, 0.3) is 0 Å². The van der Waals surface area contributed by atoms with Gasteiger partial charge in [-0.1, -0.05) is 31.9 Å². The standard InChI is InChI=1S/C24H18O7/c1-4-22(26)29-18-11-9-17(10-12-18)19(25)13-7-16-8-14-20(30-23(27)5-2)21(15-16)31-24(28)6-3/h4-15H,1-3H2. The number of carbonyl (C=O) groups is 4. The van der Waals surface area contributed by atoms with E-state index >= 15 is 0 Å². The molecule has 0 radical (unpaired) electrons. The maximum atomic E-state index is 12.4. The van der Waals surface area contributed by atoms with Crippen molar-refractivity contribution in [1.29, 1.82) is 0 Å². The molecule has 7 heteroatoms. The smallest absolute Gasteiger partial charge is 0.335 e. The van der Waals surface area contributed by atoms with Crippen molar-refractivity contribution in [3.8, 4) is 17.2 Å². The number of rotatable bonds is 9. The number of hydrogen-bond donors (Lipinski definition) is 0. The Labute approximate surface area is 178 Å². The summed E-state index contributed by atoms with van der Waals surface area (Å²) in [6.07, 6.45) is 5.77. The highest BCUT2D eigenvalue weighted by atomic mass is 16.6. The quantitative estimate of drug-likeness (QED) is 0.264. The van der Waals surface area contributed by atoms with Crippen LogP contribution < -0.4 is 14.2 Å². The number of benzene rings is 2. The summed E-state index contributed by atoms with van der Waals surface area (Å²) in [7, 11) is 0. The Morgan fingerprint density at radius 2 is 1.23 bits per heavy atom. The molecular formula is C24H18O7. The maximum absolute atomic E-state index is 12.4. The first-order valence-electron chi connectivity index (χ1n) is 8.85. The second-order valence-electron chi connectivity index (χ2n) is 5.80. The van der Waals surface area contributed by atoms with E-state index in [1.807, 2.05) is 0 Å². The average Bonchev–Trinajstić information content (AvgIpc) is 2.78. The van der Waals surface area contributed by atoms with Crippen molar-refractivity contribution in [1.82, 2.24) is 0 Å². The molecule has 7 nitrogen and oxygen atoms in total. The first-order chi connectivity index (χ1) is 14.9. The highest BCUT2D eigenvalue weighted by molar-refractivity contribution is 6.07. The summed E-state index contributed by atoms with van der Waals surface area (Å²) in [5.41, 5.74) is 0.875. The van der Waals surface area contributed by atoms with E-state index in [2.05, 4.69) is 19.7 Å². The molecule has 156 valence electrons. The van der Waals surface area contributed by atoms with Crippen molar-refractivity contribution >= 4 is 29.8 Å². The lowest BCUT2D eigenvalue weighted by Gasteiger charge is -2.09. The molecule has 0 aliphatic rings. The zero-order valence-electron chi connectivity index (χ0n) is 16.4. The van der Waals surface area contributed by atoms with Crippen molar-refractivity contribution in [3.05, 3.63) is 97.6 Å². The van der Waals surface area contributed by atoms with Gasteiger partial charge in [-0.15, -0.1) is 0 Å². The van der Waals surface area contributed by atoms with Crippen LogP contribution in [0.4, 0.5) is 0 Å². The van der Waals surface area contributed by atoms with Gasteiger partial charge in [-0.05, 0) is 48.0 Å². The molecule has 0 spiro atoms. The third-order valence-corrected chi connectivity index (χ3v) is 3.67. The van der Waals surface area contributed by atoms with Crippen LogP contribution in [0.25, 0.3) is 6.08 Å². The minimum atomic E-state index is -0.745. The van der Waals surface area contributed by atoms with E-state index in [0.717, 1.165) is 18.2 Å². The van der Waals surface area contributed by atoms with E-state index in [1.165, 1.54) is 48.6 Å². The Morgan fingerprint density at radius 3 is 1.81 bits per heavy atom. The van der Waals surface area contributed by atoms with Gasteiger partial charge in [-0.2, -0.15) is 0 Å². The van der Waals surface area contributed by atoms with Crippen LogP contribution >= 0.6 is 0 Å². The molecule has 2 aromatic carbocycles. The fourth-order valence-electron chi connectivity index (χ4n) is 2.21. The van der Waals surface area contributed by atoms with Gasteiger partial charge >= 0.3 is 17.9 Å². The zero-order valence-corrected chi connectivity index (χ0v) is 16.4. The summed E-state index contributed by atoms with van der Waals surface area (Å²) in [5, 5.41) is 0. The van der Waals surface area contributed by atoms with Crippen molar-refractivity contribution in [2.75, 3.05) is 0 Å². The third-order valence-electron chi connectivity index (χ3n) is 3.67. The molecule has 0 bridgehead atoms. The lowest BCUT2D eigenvalue weighted by molar-refractivity contribution is -0.131. The number of hydrogen-bond acceptors (Lipinski definition) is 7. The summed E-state index contributed by atoms with van der Waals surface area (Å²) in [6, 6.07) is 10.4. The summed E-state index contributed by atoms with van der Waals surface area (Å²) in [4.78, 5) is 46.6. The predicted octanol–water partition coefficient (Wildman–Crippen LogP) is 3.86. The molecule has 0 heterocycles. The van der Waals surface area contributed by atoms with Gasteiger partial charge < -0.3 is 14.2 Å². The van der Waals surface area contributed by atoms with Crippen LogP contribution in [0.3, 0.4) is 0 Å². The highest BCUT2D eigenvalue weighted by Gasteiger charge is 2.12. The van der Waals surface area contributed by atoms with Crippen LogP contribution in [0.15, 0.2) is 86.5 Å². The maximum Gasteiger partial charge on any atom is 0.335 e. The molecule has 2 aromatic rings. The minimum absolute atomic E-state index is 0.00763. The Bertz CT molecular complexity index is 1080. The summed E-state index contributed by atoms with van der Waals surface area (Å²) >= 11 is 0. The molecule has 0 aliphatic heterocycles. The molecule has 0 fully saturated rings. The number of carbonyl (C=O) groups excluding carboxylic acids is 4. The largest absolute Gasteiger partial charge is 0.423 e. The number of ketones is 1. The van der Waals surface area contributed by atoms with E-state index in [-0.39, 0.29) is 23.0 Å². The van der Waals surface area contributed by atoms with Gasteiger partial charge in [-0.3, -0.25) is 4.79 Å². The lowest BCUT2D eigenvalue weighted by Crippen LogP contribution is -2.08. The van der Waals surface area contributed by atoms with E-state index < -0.39 is 17.9 Å². The Kier molecular flexibility index (Phi) is 7.98. The molecular weight excluding hydrogens is 400 g/mol. The van der Waals surface area contributed by atoms with Crippen LogP contribution in [0, 0.1) is 0 Å². The van der Waals surface area contributed by atoms with Crippen LogP contribution in [-0.4, -0.2) is 23.7 Å². The Morgan fingerprint density at radius 1 is 0.677 bits per heavy atom. The van der Waals surface area contributed by atoms with Crippen LogP contribution in [0.5, 0.6) is 17.2 Å². The minimum Gasteiger partial charge on any atom is -0.423 e. The molecule has 0 atom stereocenters. The van der Waals surface area contributed by atoms with Crippen LogP contribution in [-0.2, 0) is 14.4 Å². The first kappa shape index (κ1) is 22.8. The number of ether oxygens (including phenoxy) is 3. The van der Waals surface area contributed by atoms with E-state index in [0.29, 0.717) is 11.1 Å². The molecule has 0 saturated carbocycles. The molecule has 0 amide bonds. The van der Waals surface area contributed by atoms with Gasteiger partial charge in [0.05, 0.1) is 0 Å². The topological polar surface area (TPSA) is 96.0 Å². The summed E-state index contributed by atoms with van der Waals surface area (Å²) < 4.78 is 15.1. The van der Waals surface area contributed by atoms with Gasteiger partial charge in [0, 0.05) is 23.8 Å². The van der Waals surface area contributed by atoms with E-state index in [9.17, 15) is 19.2 Å². The van der Waals surface area contributed by atoms with Crippen molar-refractivity contribution in [2.45, 2.75) is 0 Å². The van der Waals surface area contributed by atoms with Gasteiger partial charge in [-0.25, -0.2) is 14.4 Å². The lowest BCUT2D eigenvalue weighted by atomic mass is 10.1. The summed E-state index contributed by atoms with van der Waals surface area (Å²) in [5.74, 6) is -2.12. The zero-order chi connectivity index (χ0) is 22.8. The summed E-state index contributed by atoms with van der Waals surface area (Å²) in [6.45, 7) is 9.93. The Balaban J connectivity index is 2.19. The Hall–Kier alpha value is -4.52. The van der Waals surface area contributed by atoms with Crippen molar-refractivity contribution < 1.29 is 33.4 Å². The number of allylic oxidation sites excluding steroid dienone is 1. The fraction of sp³-hybridized carbons (Fsp3) is 0. The fourth-order valence-corrected chi connectivity index (χ4v) is 2.21. The van der Waals surface area contributed by atoms with Crippen molar-refractivity contribution in [2.24, 2.45) is 0 Å². The third kappa shape index (κ3) is 6.79. The predicted molar refractivity (Wildman–Crippen MR) is 114 cm³/mol. The van der Waals surface area contributed by atoms with Crippen LogP contribution in [0.1, 0.15) is 15.9 Å². The molecule has 0 aromatic heterocycles. The first-order valence-corrected chi connectivity index (χ1v) is 8.85. The monoisotopic (exact) mass is 418 g/mol. The second-order valence-corrected chi connectivity index (χ2v) is 5.80. The SMILES string of the molecule is C=CC(=O)Oc1ccc(C(=O)C=Cc2ccc(OC(=O)C=C)c(OC(=O)C=C)c2)cc1. The molecule has 0 aliphatic carbocycles. The van der Waals surface area contributed by atoms with E-state index in [1.54, 1.807) is 6.07 Å². The molecule has 0 N–H and O–H groups in total. The molecule has 31 heavy (non-hydrogen) atoms. The molecule has 0 saturated heterocycles. The van der Waals surface area contributed by atoms with E-state index in [4.69, 9.17) is 14.2 Å². The highest BCUT2D eigenvalue weighted by Crippen LogP contribution is 2.29. The van der Waals surface area contributed by atoms with Gasteiger partial charge in [0.1, 0.15) is 5.75 Å². The average molecular weight is 418 g/mol. The normalized spacial score (nSPS) is 10.1. The van der Waals surface area contributed by atoms with Crippen molar-refractivity contribution in [3.63, 3.8) is 0 Å². The molecule has 0 unspecified atom stereocenters. The second kappa shape index (κ2) is 10.9. The number of esters is 3. The van der Waals surface area contributed by atoms with Gasteiger partial charge in [0.15, 0.2) is 17.3 Å². The van der Waals surface area contributed by atoms with Gasteiger partial charge in [0.2, 0.25) is 0 Å². The molecule has 2 rings (SSSR count).